The van der Waals surface area contributed by atoms with E-state index in [1.807, 2.05) is 18.2 Å². The summed E-state index contributed by atoms with van der Waals surface area (Å²) in [6.45, 7) is 0. The predicted molar refractivity (Wildman–Crippen MR) is 95.5 cm³/mol. The summed E-state index contributed by atoms with van der Waals surface area (Å²) in [7, 11) is 1.60. The Morgan fingerprint density at radius 2 is 1.90 bits per heavy atom. The minimum atomic E-state index is -0.160. The summed E-state index contributed by atoms with van der Waals surface area (Å²) in [6.07, 6.45) is 0. The van der Waals surface area contributed by atoms with Crippen LogP contribution in [0.5, 0.6) is 5.75 Å². The van der Waals surface area contributed by atoms with E-state index in [0.29, 0.717) is 11.3 Å². The van der Waals surface area contributed by atoms with Crippen LogP contribution in [0.1, 0.15) is 10.4 Å². The molecular weight excluding hydrogens is 501 g/mol. The Kier molecular flexibility index (Phi) is 5.45. The molecule has 0 aliphatic carbocycles. The fourth-order valence-electron chi connectivity index (χ4n) is 1.61. The van der Waals surface area contributed by atoms with Gasteiger partial charge in [-0.1, -0.05) is 0 Å². The third-order valence-corrected chi connectivity index (χ3v) is 4.56. The lowest BCUT2D eigenvalue weighted by Gasteiger charge is -2.09. The molecule has 0 saturated heterocycles. The van der Waals surface area contributed by atoms with Gasteiger partial charge in [0.25, 0.3) is 5.91 Å². The fourth-order valence-corrected chi connectivity index (χ4v) is 3.07. The molecule has 104 valence electrons. The van der Waals surface area contributed by atoms with Crippen LogP contribution in [0.4, 0.5) is 5.69 Å². The molecule has 20 heavy (non-hydrogen) atoms. The maximum atomic E-state index is 12.3. The first-order valence-corrected chi connectivity index (χ1v) is 8.27. The summed E-state index contributed by atoms with van der Waals surface area (Å²) in [5.41, 5.74) is 1.30. The third kappa shape index (κ3) is 3.73. The van der Waals surface area contributed by atoms with Gasteiger partial charge in [-0.3, -0.25) is 4.79 Å². The Morgan fingerprint density at radius 1 is 1.15 bits per heavy atom. The van der Waals surface area contributed by atoms with Crippen LogP contribution in [0.25, 0.3) is 0 Å². The molecule has 0 heterocycles. The molecule has 2 aromatic carbocycles. The van der Waals surface area contributed by atoms with Crippen LogP contribution >= 0.6 is 54.5 Å². The van der Waals surface area contributed by atoms with Gasteiger partial charge in [0.1, 0.15) is 5.75 Å². The molecule has 0 aromatic heterocycles. The number of hydrogen-bond donors (Lipinski definition) is 1. The van der Waals surface area contributed by atoms with Crippen molar-refractivity contribution in [2.24, 2.45) is 0 Å². The number of carbonyl (C=O) groups excluding carboxylic acids is 1. The molecule has 0 aliphatic rings. The zero-order valence-electron chi connectivity index (χ0n) is 10.4. The van der Waals surface area contributed by atoms with Crippen molar-refractivity contribution >= 4 is 66.0 Å². The molecule has 3 nitrogen and oxygen atoms in total. The van der Waals surface area contributed by atoms with Crippen molar-refractivity contribution in [3.05, 3.63) is 54.5 Å². The van der Waals surface area contributed by atoms with Gasteiger partial charge in [0.05, 0.1) is 17.1 Å². The van der Waals surface area contributed by atoms with E-state index >= 15 is 0 Å². The van der Waals surface area contributed by atoms with E-state index in [1.54, 1.807) is 25.3 Å². The highest BCUT2D eigenvalue weighted by Crippen LogP contribution is 2.28. The Balaban J connectivity index is 2.23. The van der Waals surface area contributed by atoms with Crippen LogP contribution < -0.4 is 10.1 Å². The lowest BCUT2D eigenvalue weighted by molar-refractivity contribution is 0.102. The van der Waals surface area contributed by atoms with E-state index < -0.39 is 0 Å². The van der Waals surface area contributed by atoms with Crippen molar-refractivity contribution in [2.45, 2.75) is 0 Å². The lowest BCUT2D eigenvalue weighted by Crippen LogP contribution is -2.12. The molecule has 1 amide bonds. The highest BCUT2D eigenvalue weighted by molar-refractivity contribution is 14.1. The Hall–Kier alpha value is -0.600. The highest BCUT2D eigenvalue weighted by Gasteiger charge is 2.11. The number of hydrogen-bond acceptors (Lipinski definition) is 2. The number of carbonyl (C=O) groups is 1. The Morgan fingerprint density at radius 3 is 2.55 bits per heavy atom. The lowest BCUT2D eigenvalue weighted by atomic mass is 10.2. The van der Waals surface area contributed by atoms with Crippen LogP contribution in [0.3, 0.4) is 0 Å². The summed E-state index contributed by atoms with van der Waals surface area (Å²) in [5, 5.41) is 2.86. The van der Waals surface area contributed by atoms with Crippen molar-refractivity contribution in [1.29, 1.82) is 0 Å². The number of anilines is 1. The second kappa shape index (κ2) is 6.91. The van der Waals surface area contributed by atoms with Crippen molar-refractivity contribution in [3.63, 3.8) is 0 Å². The molecule has 0 aliphatic heterocycles. The molecule has 0 spiro atoms. The van der Waals surface area contributed by atoms with Crippen molar-refractivity contribution in [1.82, 2.24) is 0 Å². The van der Waals surface area contributed by atoms with Crippen LogP contribution in [0.2, 0.25) is 0 Å². The van der Waals surface area contributed by atoms with Gasteiger partial charge in [-0.05, 0) is 90.8 Å². The van der Waals surface area contributed by atoms with Crippen LogP contribution in [-0.2, 0) is 0 Å². The first kappa shape index (κ1) is 15.8. The number of halogens is 3. The smallest absolute Gasteiger partial charge is 0.256 e. The molecule has 6 heteroatoms. The van der Waals surface area contributed by atoms with Gasteiger partial charge in [-0.25, -0.2) is 0 Å². The average molecular weight is 511 g/mol. The number of rotatable bonds is 3. The Bertz CT molecular complexity index is 662. The third-order valence-electron chi connectivity index (χ3n) is 2.58. The van der Waals surface area contributed by atoms with Gasteiger partial charge in [-0.2, -0.15) is 0 Å². The summed E-state index contributed by atoms with van der Waals surface area (Å²) in [6, 6.07) is 11.0. The summed E-state index contributed by atoms with van der Waals surface area (Å²) in [5.74, 6) is 0.561. The number of amides is 1. The van der Waals surface area contributed by atoms with Gasteiger partial charge in [0.2, 0.25) is 0 Å². The molecule has 1 N–H and O–H groups in total. The first-order valence-electron chi connectivity index (χ1n) is 5.61. The minimum absolute atomic E-state index is 0.160. The van der Waals surface area contributed by atoms with Gasteiger partial charge >= 0.3 is 0 Å². The monoisotopic (exact) mass is 509 g/mol. The quantitative estimate of drug-likeness (QED) is 0.585. The van der Waals surface area contributed by atoms with E-state index in [-0.39, 0.29) is 5.91 Å². The van der Waals surface area contributed by atoms with Crippen molar-refractivity contribution in [2.75, 3.05) is 12.4 Å². The van der Waals surface area contributed by atoms with E-state index in [2.05, 4.69) is 59.8 Å². The zero-order chi connectivity index (χ0) is 14.7. The topological polar surface area (TPSA) is 38.3 Å². The maximum Gasteiger partial charge on any atom is 0.256 e. The van der Waals surface area contributed by atoms with Gasteiger partial charge in [0.15, 0.2) is 0 Å². The first-order chi connectivity index (χ1) is 9.51. The van der Waals surface area contributed by atoms with E-state index in [1.165, 1.54) is 0 Å². The van der Waals surface area contributed by atoms with Crippen molar-refractivity contribution in [3.8, 4) is 5.75 Å². The molecular formula is C14H10Br2INO2. The van der Waals surface area contributed by atoms with E-state index in [0.717, 1.165) is 18.3 Å². The summed E-state index contributed by atoms with van der Waals surface area (Å²) >= 11 is 8.96. The van der Waals surface area contributed by atoms with Crippen LogP contribution in [-0.4, -0.2) is 13.0 Å². The second-order valence-electron chi connectivity index (χ2n) is 3.93. The van der Waals surface area contributed by atoms with Crippen LogP contribution in [0, 0.1) is 3.57 Å². The SMILES string of the molecule is COc1ccc(NC(=O)c2cc(I)ccc2Br)cc1Br. The molecule has 0 unspecified atom stereocenters. The van der Waals surface area contributed by atoms with E-state index in [4.69, 9.17) is 4.74 Å². The van der Waals surface area contributed by atoms with Crippen LogP contribution in [0.15, 0.2) is 45.3 Å². The number of ether oxygens (including phenoxy) is 1. The summed E-state index contributed by atoms with van der Waals surface area (Å²) < 4.78 is 7.72. The molecule has 0 saturated carbocycles. The maximum absolute atomic E-state index is 12.3. The minimum Gasteiger partial charge on any atom is -0.496 e. The molecule has 0 radical (unpaired) electrons. The number of nitrogens with one attached hydrogen (secondary N) is 1. The molecule has 0 bridgehead atoms. The standard InChI is InChI=1S/C14H10Br2INO2/c1-20-13-5-3-9(7-12(13)16)18-14(19)10-6-8(17)2-4-11(10)15/h2-7H,1H3,(H,18,19). The average Bonchev–Trinajstić information content (AvgIpc) is 2.41. The Labute approximate surface area is 147 Å². The van der Waals surface area contributed by atoms with Gasteiger partial charge in [-0.15, -0.1) is 0 Å². The fraction of sp³-hybridized carbons (Fsp3) is 0.0714. The van der Waals surface area contributed by atoms with Gasteiger partial charge < -0.3 is 10.1 Å². The molecule has 0 fully saturated rings. The molecule has 0 atom stereocenters. The molecule has 2 rings (SSSR count). The number of methoxy groups -OCH3 is 1. The van der Waals surface area contributed by atoms with E-state index in [9.17, 15) is 4.79 Å². The molecule has 2 aromatic rings. The highest BCUT2D eigenvalue weighted by atomic mass is 127. The summed E-state index contributed by atoms with van der Waals surface area (Å²) in [4.78, 5) is 12.3. The number of benzene rings is 2. The normalized spacial score (nSPS) is 10.2. The van der Waals surface area contributed by atoms with Gasteiger partial charge in [0, 0.05) is 13.7 Å². The predicted octanol–water partition coefficient (Wildman–Crippen LogP) is 5.08. The largest absolute Gasteiger partial charge is 0.496 e. The second-order valence-corrected chi connectivity index (χ2v) is 6.88. The van der Waals surface area contributed by atoms with Crippen molar-refractivity contribution < 1.29 is 9.53 Å². The zero-order valence-corrected chi connectivity index (χ0v) is 15.7.